The summed E-state index contributed by atoms with van der Waals surface area (Å²) in [4.78, 5) is 0. The lowest BCUT2D eigenvalue weighted by Crippen LogP contribution is -2.14. The summed E-state index contributed by atoms with van der Waals surface area (Å²) in [6.07, 6.45) is 8.32. The first-order valence-electron chi connectivity index (χ1n) is 5.75. The molecule has 1 aromatic rings. The first-order chi connectivity index (χ1) is 8.28. The molecule has 1 unspecified atom stereocenters. The average molecular weight is 250 g/mol. The molecule has 90 valence electrons. The van der Waals surface area contributed by atoms with Gasteiger partial charge in [-0.2, -0.15) is 0 Å². The molecule has 2 nitrogen and oxygen atoms in total. The molecule has 0 fully saturated rings. The predicted molar refractivity (Wildman–Crippen MR) is 71.4 cm³/mol. The van der Waals surface area contributed by atoms with Crippen LogP contribution in [0.2, 0.25) is 5.02 Å². The lowest BCUT2D eigenvalue weighted by Gasteiger charge is -2.15. The molecule has 0 amide bonds. The fraction of sp³-hybridized carbons (Fsp3) is 0.286. The summed E-state index contributed by atoms with van der Waals surface area (Å²) in [6, 6.07) is 7.48. The molecule has 1 aromatic carbocycles. The Kier molecular flexibility index (Phi) is 4.10. The van der Waals surface area contributed by atoms with Crippen LogP contribution in [-0.2, 0) is 0 Å². The Labute approximate surface area is 107 Å². The van der Waals surface area contributed by atoms with Crippen molar-refractivity contribution in [3.63, 3.8) is 0 Å². The summed E-state index contributed by atoms with van der Waals surface area (Å²) in [5.41, 5.74) is 1.24. The second-order valence-electron chi connectivity index (χ2n) is 3.98. The normalized spacial score (nSPS) is 19.4. The Hall–Kier alpha value is -1.41. The second-order valence-corrected chi connectivity index (χ2v) is 4.41. The quantitative estimate of drug-likeness (QED) is 0.885. The van der Waals surface area contributed by atoms with Gasteiger partial charge in [-0.25, -0.2) is 0 Å². The van der Waals surface area contributed by atoms with Crippen LogP contribution in [0, 0.1) is 0 Å². The molecule has 1 aliphatic rings. The molecule has 17 heavy (non-hydrogen) atoms. The smallest absolute Gasteiger partial charge is 0.120 e. The van der Waals surface area contributed by atoms with Gasteiger partial charge in [0.25, 0.3) is 0 Å². The van der Waals surface area contributed by atoms with Crippen molar-refractivity contribution in [3.05, 3.63) is 53.2 Å². The van der Waals surface area contributed by atoms with Crippen molar-refractivity contribution in [1.29, 1.82) is 0 Å². The van der Waals surface area contributed by atoms with Crippen molar-refractivity contribution in [2.45, 2.75) is 18.9 Å². The zero-order valence-electron chi connectivity index (χ0n) is 9.82. The predicted octanol–water partition coefficient (Wildman–Crippen LogP) is 3.54. The molecule has 0 heterocycles. The van der Waals surface area contributed by atoms with Crippen LogP contribution >= 0.6 is 11.6 Å². The highest BCUT2D eigenvalue weighted by atomic mass is 35.5. The number of hydrogen-bond acceptors (Lipinski definition) is 2. The molecular formula is C14H16ClNO. The van der Waals surface area contributed by atoms with Crippen molar-refractivity contribution >= 4 is 11.6 Å². The molecule has 0 bridgehead atoms. The Morgan fingerprint density at radius 3 is 2.76 bits per heavy atom. The fourth-order valence-corrected chi connectivity index (χ4v) is 1.89. The largest absolute Gasteiger partial charge is 0.486 e. The molecule has 0 saturated heterocycles. The molecule has 0 aliphatic heterocycles. The van der Waals surface area contributed by atoms with E-state index >= 15 is 0 Å². The highest BCUT2D eigenvalue weighted by molar-refractivity contribution is 6.30. The minimum absolute atomic E-state index is 0.123. The topological polar surface area (TPSA) is 21.3 Å². The zero-order valence-corrected chi connectivity index (χ0v) is 10.6. The van der Waals surface area contributed by atoms with Crippen LogP contribution in [0.25, 0.3) is 0 Å². The Bertz CT molecular complexity index is 422. The summed E-state index contributed by atoms with van der Waals surface area (Å²) in [5.74, 6) is 0.858. The van der Waals surface area contributed by atoms with Gasteiger partial charge in [0, 0.05) is 17.8 Å². The Morgan fingerprint density at radius 2 is 2.06 bits per heavy atom. The van der Waals surface area contributed by atoms with E-state index in [0.717, 1.165) is 23.6 Å². The lowest BCUT2D eigenvalue weighted by atomic mass is 10.2. The lowest BCUT2D eigenvalue weighted by molar-refractivity contribution is 0.239. The van der Waals surface area contributed by atoms with Gasteiger partial charge in [0.05, 0.1) is 0 Å². The van der Waals surface area contributed by atoms with Crippen LogP contribution in [0.5, 0.6) is 5.75 Å². The molecule has 0 spiro atoms. The van der Waals surface area contributed by atoms with E-state index in [1.165, 1.54) is 5.70 Å². The summed E-state index contributed by atoms with van der Waals surface area (Å²) in [6.45, 7) is 0. The van der Waals surface area contributed by atoms with E-state index < -0.39 is 0 Å². The van der Waals surface area contributed by atoms with Crippen LogP contribution in [0.15, 0.2) is 48.2 Å². The molecule has 2 rings (SSSR count). The summed E-state index contributed by atoms with van der Waals surface area (Å²) in [5, 5.41) is 3.90. The van der Waals surface area contributed by atoms with E-state index in [4.69, 9.17) is 16.3 Å². The van der Waals surface area contributed by atoms with E-state index in [-0.39, 0.29) is 6.10 Å². The van der Waals surface area contributed by atoms with Crippen LogP contribution < -0.4 is 10.1 Å². The third-order valence-corrected chi connectivity index (χ3v) is 3.00. The fourth-order valence-electron chi connectivity index (χ4n) is 1.77. The van der Waals surface area contributed by atoms with Crippen LogP contribution in [0.4, 0.5) is 0 Å². The number of rotatable bonds is 3. The highest BCUT2D eigenvalue weighted by Crippen LogP contribution is 2.20. The number of benzene rings is 1. The molecule has 0 saturated carbocycles. The maximum Gasteiger partial charge on any atom is 0.120 e. The SMILES string of the molecule is CNC1=CC=CC(Oc2ccc(Cl)cc2)CC1. The van der Waals surface area contributed by atoms with Crippen LogP contribution in [0.3, 0.4) is 0 Å². The molecule has 1 atom stereocenters. The van der Waals surface area contributed by atoms with Crippen molar-refractivity contribution in [3.8, 4) is 5.75 Å². The van der Waals surface area contributed by atoms with Crippen molar-refractivity contribution < 1.29 is 4.74 Å². The number of halogens is 1. The molecule has 1 aliphatic carbocycles. The van der Waals surface area contributed by atoms with Crippen LogP contribution in [0.1, 0.15) is 12.8 Å². The van der Waals surface area contributed by atoms with E-state index in [2.05, 4.69) is 17.5 Å². The Balaban J connectivity index is 1.95. The Morgan fingerprint density at radius 1 is 1.29 bits per heavy atom. The molecular weight excluding hydrogens is 234 g/mol. The van der Waals surface area contributed by atoms with E-state index in [1.54, 1.807) is 0 Å². The van der Waals surface area contributed by atoms with E-state index in [9.17, 15) is 0 Å². The van der Waals surface area contributed by atoms with Gasteiger partial charge in [0.15, 0.2) is 0 Å². The number of allylic oxidation sites excluding steroid dienone is 3. The monoisotopic (exact) mass is 249 g/mol. The highest BCUT2D eigenvalue weighted by Gasteiger charge is 2.10. The van der Waals surface area contributed by atoms with E-state index in [0.29, 0.717) is 0 Å². The van der Waals surface area contributed by atoms with Gasteiger partial charge in [-0.1, -0.05) is 17.7 Å². The van der Waals surface area contributed by atoms with Gasteiger partial charge in [-0.05, 0) is 49.3 Å². The summed E-state index contributed by atoms with van der Waals surface area (Å²) < 4.78 is 5.88. The van der Waals surface area contributed by atoms with Crippen molar-refractivity contribution in [2.75, 3.05) is 7.05 Å². The van der Waals surface area contributed by atoms with Gasteiger partial charge in [0.2, 0.25) is 0 Å². The minimum Gasteiger partial charge on any atom is -0.486 e. The van der Waals surface area contributed by atoms with Gasteiger partial charge < -0.3 is 10.1 Å². The molecule has 3 heteroatoms. The van der Waals surface area contributed by atoms with Gasteiger partial charge in [0.1, 0.15) is 11.9 Å². The second kappa shape index (κ2) is 5.78. The summed E-state index contributed by atoms with van der Waals surface area (Å²) in [7, 11) is 1.94. The molecule has 1 N–H and O–H groups in total. The molecule has 0 aromatic heterocycles. The van der Waals surface area contributed by atoms with Crippen LogP contribution in [-0.4, -0.2) is 13.2 Å². The maximum atomic E-state index is 5.88. The third-order valence-electron chi connectivity index (χ3n) is 2.74. The van der Waals surface area contributed by atoms with Crippen molar-refractivity contribution in [1.82, 2.24) is 5.32 Å². The average Bonchev–Trinajstić information content (AvgIpc) is 2.57. The van der Waals surface area contributed by atoms with Gasteiger partial charge in [-0.15, -0.1) is 0 Å². The first-order valence-corrected chi connectivity index (χ1v) is 6.13. The first kappa shape index (κ1) is 12.1. The summed E-state index contributed by atoms with van der Waals surface area (Å²) >= 11 is 5.83. The third kappa shape index (κ3) is 3.53. The number of ether oxygens (including phenoxy) is 1. The maximum absolute atomic E-state index is 5.88. The van der Waals surface area contributed by atoms with E-state index in [1.807, 2.05) is 37.4 Å². The standard InChI is InChI=1S/C14H16ClNO/c1-16-12-3-2-4-13(10-7-12)17-14-8-5-11(15)6-9-14/h2-6,8-9,13,16H,7,10H2,1H3. The van der Waals surface area contributed by atoms with Gasteiger partial charge >= 0.3 is 0 Å². The van der Waals surface area contributed by atoms with Gasteiger partial charge in [-0.3, -0.25) is 0 Å². The number of hydrogen-bond donors (Lipinski definition) is 1. The van der Waals surface area contributed by atoms with Crippen molar-refractivity contribution in [2.24, 2.45) is 0 Å². The zero-order chi connectivity index (χ0) is 12.1. The minimum atomic E-state index is 0.123. The number of nitrogens with one attached hydrogen (secondary N) is 1. The molecule has 0 radical (unpaired) electrons.